The van der Waals surface area contributed by atoms with Gasteiger partial charge in [-0.15, -0.1) is 0 Å². The van der Waals surface area contributed by atoms with E-state index >= 15 is 0 Å². The lowest BCUT2D eigenvalue weighted by Crippen LogP contribution is -2.05. The maximum atomic E-state index is 12.0. The summed E-state index contributed by atoms with van der Waals surface area (Å²) in [5, 5.41) is -1.12. The molecule has 0 aliphatic heterocycles. The summed E-state index contributed by atoms with van der Waals surface area (Å²) in [4.78, 5) is 18.7. The molecule has 2 unspecified atom stereocenters. The van der Waals surface area contributed by atoms with Gasteiger partial charge >= 0.3 is 7.60 Å². The predicted octanol–water partition coefficient (Wildman–Crippen LogP) is 4.13. The van der Waals surface area contributed by atoms with E-state index in [1.807, 2.05) is 20.8 Å². The molecular formula is C14H28O5P2. The smallest absolute Gasteiger partial charge is 0.336 e. The Bertz CT molecular complexity index is 433. The minimum Gasteiger partial charge on any atom is -0.374 e. The summed E-state index contributed by atoms with van der Waals surface area (Å²) in [6.07, 6.45) is 5.72. The molecule has 0 saturated carbocycles. The van der Waals surface area contributed by atoms with Crippen molar-refractivity contribution in [1.29, 1.82) is 0 Å². The molecule has 2 atom stereocenters. The van der Waals surface area contributed by atoms with Crippen molar-refractivity contribution in [2.45, 2.75) is 52.4 Å². The Balaban J connectivity index is 4.65. The van der Waals surface area contributed by atoms with Gasteiger partial charge in [-0.1, -0.05) is 23.3 Å². The standard InChI is InChI=1S/C14H28O5P2/c1-5-19-11-20(15)14(21(16,17)18)10-9-13(4)8-6-7-12(2)3/h7,9,14,20H,5-6,8,10-11H2,1-4H3,(H2,16,17,18). The minimum absolute atomic E-state index is 0.0679. The molecule has 0 heterocycles. The molecule has 0 amide bonds. The van der Waals surface area contributed by atoms with E-state index < -0.39 is 20.8 Å². The van der Waals surface area contributed by atoms with Crippen LogP contribution in [-0.2, 0) is 13.9 Å². The van der Waals surface area contributed by atoms with Gasteiger partial charge in [0.25, 0.3) is 0 Å². The molecule has 7 heteroatoms. The molecule has 0 fully saturated rings. The molecule has 2 N–H and O–H groups in total. The van der Waals surface area contributed by atoms with Gasteiger partial charge in [0.1, 0.15) is 13.2 Å². The normalized spacial score (nSPS) is 15.6. The Morgan fingerprint density at radius 3 is 2.38 bits per heavy atom. The second kappa shape index (κ2) is 10.5. The largest absolute Gasteiger partial charge is 0.374 e. The van der Waals surface area contributed by atoms with E-state index in [2.05, 4.69) is 6.08 Å². The van der Waals surface area contributed by atoms with Crippen LogP contribution in [0.15, 0.2) is 23.3 Å². The van der Waals surface area contributed by atoms with Crippen LogP contribution in [0.2, 0.25) is 0 Å². The third-order valence-corrected chi connectivity index (χ3v) is 7.37. The lowest BCUT2D eigenvalue weighted by atomic mass is 10.1. The first kappa shape index (κ1) is 20.8. The van der Waals surface area contributed by atoms with E-state index in [4.69, 9.17) is 4.74 Å². The summed E-state index contributed by atoms with van der Waals surface area (Å²) in [6.45, 7) is 8.14. The van der Waals surface area contributed by atoms with Gasteiger partial charge in [-0.25, -0.2) is 0 Å². The maximum absolute atomic E-state index is 12.0. The average Bonchev–Trinajstić information content (AvgIpc) is 2.34. The lowest BCUT2D eigenvalue weighted by Gasteiger charge is -2.17. The van der Waals surface area contributed by atoms with Crippen LogP contribution in [0.5, 0.6) is 0 Å². The zero-order chi connectivity index (χ0) is 16.5. The molecule has 0 aromatic rings. The van der Waals surface area contributed by atoms with Crippen LogP contribution in [0.4, 0.5) is 0 Å². The van der Waals surface area contributed by atoms with Crippen LogP contribution in [0.25, 0.3) is 0 Å². The zero-order valence-corrected chi connectivity index (χ0v) is 15.2. The highest BCUT2D eigenvalue weighted by molar-refractivity contribution is 7.67. The molecule has 0 aromatic carbocycles. The lowest BCUT2D eigenvalue weighted by molar-refractivity contribution is 0.193. The van der Waals surface area contributed by atoms with Crippen LogP contribution < -0.4 is 0 Å². The molecule has 21 heavy (non-hydrogen) atoms. The molecular weight excluding hydrogens is 310 g/mol. The molecule has 0 aliphatic carbocycles. The highest BCUT2D eigenvalue weighted by Gasteiger charge is 2.33. The fourth-order valence-electron chi connectivity index (χ4n) is 1.76. The van der Waals surface area contributed by atoms with Crippen molar-refractivity contribution in [3.63, 3.8) is 0 Å². The van der Waals surface area contributed by atoms with Gasteiger partial charge in [0.05, 0.1) is 6.35 Å². The van der Waals surface area contributed by atoms with Crippen LogP contribution in [0.1, 0.15) is 47.0 Å². The third-order valence-electron chi connectivity index (χ3n) is 3.01. The van der Waals surface area contributed by atoms with Gasteiger partial charge < -0.3 is 19.1 Å². The summed E-state index contributed by atoms with van der Waals surface area (Å²) >= 11 is 0. The molecule has 0 radical (unpaired) electrons. The van der Waals surface area contributed by atoms with Crippen molar-refractivity contribution in [3.05, 3.63) is 23.3 Å². The highest BCUT2D eigenvalue weighted by atomic mass is 31.2. The Labute approximate surface area is 128 Å². The first-order valence-corrected chi connectivity index (χ1v) is 10.5. The topological polar surface area (TPSA) is 83.8 Å². The summed E-state index contributed by atoms with van der Waals surface area (Å²) in [5.41, 5.74) is 2.30. The third kappa shape index (κ3) is 10.2. The fraction of sp³-hybridized carbons (Fsp3) is 0.714. The van der Waals surface area contributed by atoms with E-state index in [0.717, 1.165) is 18.4 Å². The summed E-state index contributed by atoms with van der Waals surface area (Å²) in [7, 11) is -6.84. The van der Waals surface area contributed by atoms with Crippen molar-refractivity contribution in [2.24, 2.45) is 0 Å². The van der Waals surface area contributed by atoms with Crippen molar-refractivity contribution in [1.82, 2.24) is 0 Å². The number of allylic oxidation sites excluding steroid dienone is 4. The Hall–Kier alpha value is -0.180. The van der Waals surface area contributed by atoms with Crippen molar-refractivity contribution in [3.8, 4) is 0 Å². The van der Waals surface area contributed by atoms with Gasteiger partial charge in [0.2, 0.25) is 0 Å². The average molecular weight is 338 g/mol. The maximum Gasteiger partial charge on any atom is 0.336 e. The molecule has 124 valence electrons. The molecule has 0 aromatic heterocycles. The molecule has 0 spiro atoms. The van der Waals surface area contributed by atoms with Crippen LogP contribution in [0.3, 0.4) is 0 Å². The zero-order valence-electron chi connectivity index (χ0n) is 13.3. The van der Waals surface area contributed by atoms with Crippen LogP contribution in [-0.4, -0.2) is 28.1 Å². The summed E-state index contributed by atoms with van der Waals surface area (Å²) in [6, 6.07) is 0. The van der Waals surface area contributed by atoms with E-state index in [9.17, 15) is 18.9 Å². The monoisotopic (exact) mass is 338 g/mol. The summed E-state index contributed by atoms with van der Waals surface area (Å²) in [5.74, 6) is 0. The van der Waals surface area contributed by atoms with E-state index in [0.29, 0.717) is 6.61 Å². The second-order valence-corrected chi connectivity index (χ2v) is 9.52. The van der Waals surface area contributed by atoms with Gasteiger partial charge in [0.15, 0.2) is 0 Å². The van der Waals surface area contributed by atoms with E-state index in [1.165, 1.54) is 5.57 Å². The first-order chi connectivity index (χ1) is 9.68. The van der Waals surface area contributed by atoms with Crippen molar-refractivity contribution < 1.29 is 23.7 Å². The Morgan fingerprint density at radius 1 is 1.29 bits per heavy atom. The van der Waals surface area contributed by atoms with Gasteiger partial charge in [-0.2, -0.15) is 0 Å². The van der Waals surface area contributed by atoms with Crippen LogP contribution in [0, 0.1) is 0 Å². The fourth-order valence-corrected chi connectivity index (χ4v) is 4.84. The molecule has 5 nitrogen and oxygen atoms in total. The second-order valence-electron chi connectivity index (χ2n) is 5.31. The Morgan fingerprint density at radius 2 is 1.90 bits per heavy atom. The minimum atomic E-state index is -4.37. The van der Waals surface area contributed by atoms with Crippen molar-refractivity contribution >= 4 is 15.4 Å². The summed E-state index contributed by atoms with van der Waals surface area (Å²) < 4.78 is 28.5. The molecule has 0 rings (SSSR count). The van der Waals surface area contributed by atoms with Gasteiger partial charge in [-0.3, -0.25) is 4.57 Å². The van der Waals surface area contributed by atoms with E-state index in [1.54, 1.807) is 13.0 Å². The number of hydrogen-bond donors (Lipinski definition) is 2. The Kier molecular flexibility index (Phi) is 10.4. The van der Waals surface area contributed by atoms with Gasteiger partial charge in [0, 0.05) is 6.61 Å². The molecule has 0 saturated heterocycles. The molecule has 0 aliphatic rings. The highest BCUT2D eigenvalue weighted by Crippen LogP contribution is 2.55. The quantitative estimate of drug-likeness (QED) is 0.462. The van der Waals surface area contributed by atoms with Crippen molar-refractivity contribution in [2.75, 3.05) is 13.0 Å². The van der Waals surface area contributed by atoms with E-state index in [-0.39, 0.29) is 12.8 Å². The van der Waals surface area contributed by atoms with Gasteiger partial charge in [-0.05, 0) is 47.0 Å². The first-order valence-electron chi connectivity index (χ1n) is 7.13. The number of ether oxygens (including phenoxy) is 1. The SMILES string of the molecule is CCOC[PH](=O)C(CC=C(C)CCC=C(C)C)P(=O)(O)O. The number of rotatable bonds is 10. The van der Waals surface area contributed by atoms with Crippen LogP contribution >= 0.6 is 15.4 Å². The predicted molar refractivity (Wildman–Crippen MR) is 88.4 cm³/mol. The number of hydrogen-bond acceptors (Lipinski definition) is 3. The molecule has 0 bridgehead atoms.